The molecule has 0 spiro atoms. The molecule has 0 heterocycles. The Hall–Kier alpha value is -2.48. The van der Waals surface area contributed by atoms with E-state index in [2.05, 4.69) is 25.4 Å². The van der Waals surface area contributed by atoms with Gasteiger partial charge in [0.05, 0.1) is 12.2 Å². The minimum Gasteiger partial charge on any atom is -0.463 e. The van der Waals surface area contributed by atoms with Gasteiger partial charge in [0.1, 0.15) is 5.75 Å². The van der Waals surface area contributed by atoms with Gasteiger partial charge in [0.2, 0.25) is 0 Å². The Morgan fingerprint density at radius 3 is 2.39 bits per heavy atom. The molecule has 7 nitrogen and oxygen atoms in total. The quantitative estimate of drug-likeness (QED) is 0.306. The van der Waals surface area contributed by atoms with Gasteiger partial charge in [0, 0.05) is 16.6 Å². The number of aldehydes is 1. The predicted octanol–water partition coefficient (Wildman–Crippen LogP) is 1.83. The minimum atomic E-state index is -0.901. The van der Waals surface area contributed by atoms with Crippen LogP contribution in [0.15, 0.2) is 34.8 Å². The first-order valence-corrected chi connectivity index (χ1v) is 7.22. The van der Waals surface area contributed by atoms with Crippen molar-refractivity contribution < 1.29 is 33.4 Å². The summed E-state index contributed by atoms with van der Waals surface area (Å²) in [5.41, 5.74) is 0.168. The molecule has 0 amide bonds. The molecule has 0 aliphatic heterocycles. The number of carbonyl (C=O) groups is 4. The summed E-state index contributed by atoms with van der Waals surface area (Å²) in [6.07, 6.45) is 2.25. The average molecular weight is 385 g/mol. The molecular formula is C15H13BrO7. The zero-order valence-electron chi connectivity index (χ0n) is 12.1. The van der Waals surface area contributed by atoms with Crippen molar-refractivity contribution in [3.8, 4) is 5.75 Å². The summed E-state index contributed by atoms with van der Waals surface area (Å²) in [5.74, 6) is -2.42. The monoisotopic (exact) mass is 384 g/mol. The zero-order chi connectivity index (χ0) is 17.2. The Balaban J connectivity index is 2.50. The number of carbonyl (C=O) groups excluding carboxylic acids is 4. The number of hydrogen-bond donors (Lipinski definition) is 0. The van der Waals surface area contributed by atoms with Gasteiger partial charge in [-0.15, -0.1) is 0 Å². The molecule has 0 bridgehead atoms. The van der Waals surface area contributed by atoms with Crippen LogP contribution in [0.3, 0.4) is 0 Å². The second-order valence-electron chi connectivity index (χ2n) is 3.97. The van der Waals surface area contributed by atoms with Crippen LogP contribution in [0.25, 0.3) is 0 Å². The van der Waals surface area contributed by atoms with Crippen LogP contribution in [0.2, 0.25) is 0 Å². The maximum absolute atomic E-state index is 11.6. The highest BCUT2D eigenvalue weighted by atomic mass is 79.9. The Kier molecular flexibility index (Phi) is 7.69. The molecule has 0 aliphatic rings. The molecule has 122 valence electrons. The van der Waals surface area contributed by atoms with E-state index in [-0.39, 0.29) is 17.9 Å². The molecule has 1 aromatic carbocycles. The van der Waals surface area contributed by atoms with Crippen molar-refractivity contribution in [2.75, 3.05) is 13.2 Å². The summed E-state index contributed by atoms with van der Waals surface area (Å²) < 4.78 is 14.7. The van der Waals surface area contributed by atoms with E-state index in [9.17, 15) is 19.2 Å². The molecule has 0 unspecified atom stereocenters. The van der Waals surface area contributed by atoms with Gasteiger partial charge >= 0.3 is 17.9 Å². The maximum Gasteiger partial charge on any atom is 0.349 e. The van der Waals surface area contributed by atoms with E-state index in [4.69, 9.17) is 4.74 Å². The molecule has 1 aromatic rings. The van der Waals surface area contributed by atoms with E-state index in [1.54, 1.807) is 13.0 Å². The van der Waals surface area contributed by atoms with Crippen LogP contribution in [0, 0.1) is 0 Å². The van der Waals surface area contributed by atoms with E-state index < -0.39 is 24.5 Å². The van der Waals surface area contributed by atoms with E-state index in [0.717, 1.165) is 12.2 Å². The van der Waals surface area contributed by atoms with Crippen LogP contribution in [0.4, 0.5) is 0 Å². The molecule has 0 N–H and O–H groups in total. The van der Waals surface area contributed by atoms with E-state index in [0.29, 0.717) is 10.8 Å². The summed E-state index contributed by atoms with van der Waals surface area (Å²) >= 11 is 3.18. The number of ether oxygens (including phenoxy) is 3. The van der Waals surface area contributed by atoms with Crippen molar-refractivity contribution in [2.24, 2.45) is 0 Å². The molecule has 0 saturated heterocycles. The number of benzene rings is 1. The fourth-order valence-corrected chi connectivity index (χ4v) is 1.74. The number of hydrogen-bond acceptors (Lipinski definition) is 7. The molecule has 0 aromatic heterocycles. The Morgan fingerprint density at radius 1 is 1.13 bits per heavy atom. The SMILES string of the molecule is CCOC(=O)/C=C/C(=O)OCC(=O)Oc1ccc(Br)cc1C=O. The number of halogens is 1. The molecule has 0 radical (unpaired) electrons. The van der Waals surface area contributed by atoms with Gasteiger partial charge in [-0.05, 0) is 25.1 Å². The topological polar surface area (TPSA) is 96.0 Å². The maximum atomic E-state index is 11.6. The van der Waals surface area contributed by atoms with Crippen molar-refractivity contribution >= 4 is 40.1 Å². The van der Waals surface area contributed by atoms with Crippen LogP contribution < -0.4 is 4.74 Å². The smallest absolute Gasteiger partial charge is 0.349 e. The van der Waals surface area contributed by atoms with Crippen LogP contribution in [0.1, 0.15) is 17.3 Å². The minimum absolute atomic E-state index is 0.0475. The Labute approximate surface area is 140 Å². The van der Waals surface area contributed by atoms with Gasteiger partial charge in [-0.1, -0.05) is 15.9 Å². The average Bonchev–Trinajstić information content (AvgIpc) is 2.53. The van der Waals surface area contributed by atoms with Crippen LogP contribution in [-0.4, -0.2) is 37.4 Å². The van der Waals surface area contributed by atoms with Crippen molar-refractivity contribution in [1.82, 2.24) is 0 Å². The van der Waals surface area contributed by atoms with Crippen LogP contribution >= 0.6 is 15.9 Å². The molecule has 0 atom stereocenters. The summed E-state index contributed by atoms with van der Waals surface area (Å²) in [7, 11) is 0. The summed E-state index contributed by atoms with van der Waals surface area (Å²) in [6, 6.07) is 4.49. The van der Waals surface area contributed by atoms with Gasteiger partial charge in [-0.3, -0.25) is 4.79 Å². The van der Waals surface area contributed by atoms with Crippen LogP contribution in [0.5, 0.6) is 5.75 Å². The van der Waals surface area contributed by atoms with Crippen molar-refractivity contribution in [3.05, 3.63) is 40.4 Å². The van der Waals surface area contributed by atoms with Gasteiger partial charge in [0.15, 0.2) is 12.9 Å². The fraction of sp³-hybridized carbons (Fsp3) is 0.200. The molecule has 0 saturated carbocycles. The Bertz CT molecular complexity index is 637. The van der Waals surface area contributed by atoms with Crippen LogP contribution in [-0.2, 0) is 23.9 Å². The molecule has 0 fully saturated rings. The van der Waals surface area contributed by atoms with Crippen molar-refractivity contribution in [1.29, 1.82) is 0 Å². The first-order valence-electron chi connectivity index (χ1n) is 6.43. The highest BCUT2D eigenvalue weighted by Gasteiger charge is 2.11. The zero-order valence-corrected chi connectivity index (χ0v) is 13.7. The van der Waals surface area contributed by atoms with E-state index in [1.807, 2.05) is 0 Å². The van der Waals surface area contributed by atoms with Gasteiger partial charge in [-0.2, -0.15) is 0 Å². The second kappa shape index (κ2) is 9.52. The molecular weight excluding hydrogens is 372 g/mol. The summed E-state index contributed by atoms with van der Waals surface area (Å²) in [5, 5.41) is 0. The first kappa shape index (κ1) is 18.6. The Morgan fingerprint density at radius 2 is 1.78 bits per heavy atom. The highest BCUT2D eigenvalue weighted by molar-refractivity contribution is 9.10. The number of rotatable bonds is 7. The van der Waals surface area contributed by atoms with Gasteiger partial charge < -0.3 is 14.2 Å². The van der Waals surface area contributed by atoms with Gasteiger partial charge in [0.25, 0.3) is 0 Å². The second-order valence-corrected chi connectivity index (χ2v) is 4.88. The lowest BCUT2D eigenvalue weighted by Gasteiger charge is -2.07. The lowest BCUT2D eigenvalue weighted by atomic mass is 10.2. The van der Waals surface area contributed by atoms with Crippen molar-refractivity contribution in [3.63, 3.8) is 0 Å². The lowest BCUT2D eigenvalue weighted by Crippen LogP contribution is -2.18. The predicted molar refractivity (Wildman–Crippen MR) is 81.9 cm³/mol. The number of esters is 3. The first-order chi connectivity index (χ1) is 11.0. The van der Waals surface area contributed by atoms with Gasteiger partial charge in [-0.25, -0.2) is 14.4 Å². The van der Waals surface area contributed by atoms with Crippen molar-refractivity contribution in [2.45, 2.75) is 6.92 Å². The molecule has 23 heavy (non-hydrogen) atoms. The summed E-state index contributed by atoms with van der Waals surface area (Å²) in [6.45, 7) is 1.13. The summed E-state index contributed by atoms with van der Waals surface area (Å²) in [4.78, 5) is 44.7. The lowest BCUT2D eigenvalue weighted by molar-refractivity contribution is -0.150. The third kappa shape index (κ3) is 6.88. The highest BCUT2D eigenvalue weighted by Crippen LogP contribution is 2.21. The van der Waals surface area contributed by atoms with E-state index >= 15 is 0 Å². The molecule has 8 heteroatoms. The fourth-order valence-electron chi connectivity index (χ4n) is 1.36. The third-order valence-corrected chi connectivity index (χ3v) is 2.79. The third-order valence-electron chi connectivity index (χ3n) is 2.30. The molecule has 1 rings (SSSR count). The largest absolute Gasteiger partial charge is 0.463 e. The normalized spacial score (nSPS) is 10.2. The molecule has 0 aliphatic carbocycles. The van der Waals surface area contributed by atoms with E-state index in [1.165, 1.54) is 12.1 Å². The standard InChI is InChI=1S/C15H13BrO7/c1-2-21-13(18)5-6-14(19)22-9-15(20)23-12-4-3-11(16)7-10(12)8-17/h3-8H,2,9H2,1H3/b6-5+.